The Kier molecular flexibility index (Phi) is 5.48. The molecule has 2 N–H and O–H groups in total. The molecule has 0 spiro atoms. The van der Waals surface area contributed by atoms with E-state index in [2.05, 4.69) is 22.5 Å². The molecular formula is C14H24F3N3O. The van der Waals surface area contributed by atoms with Gasteiger partial charge in [-0.15, -0.1) is 0 Å². The molecule has 2 heterocycles. The third-order valence-corrected chi connectivity index (χ3v) is 4.53. The Labute approximate surface area is 123 Å². The Bertz CT molecular complexity index is 348. The fourth-order valence-corrected chi connectivity index (χ4v) is 3.04. The average Bonchev–Trinajstić information content (AvgIpc) is 2.98. The summed E-state index contributed by atoms with van der Waals surface area (Å²) in [5.41, 5.74) is 0. The van der Waals surface area contributed by atoms with Crippen molar-refractivity contribution in [1.29, 1.82) is 0 Å². The van der Waals surface area contributed by atoms with Gasteiger partial charge in [0.15, 0.2) is 0 Å². The van der Waals surface area contributed by atoms with Crippen molar-refractivity contribution < 1.29 is 18.0 Å². The first kappa shape index (κ1) is 16.5. The number of rotatable bonds is 4. The van der Waals surface area contributed by atoms with Gasteiger partial charge in [0, 0.05) is 19.1 Å². The molecule has 0 bridgehead atoms. The van der Waals surface area contributed by atoms with Crippen LogP contribution < -0.4 is 10.6 Å². The van der Waals surface area contributed by atoms with E-state index in [0.717, 1.165) is 13.1 Å². The van der Waals surface area contributed by atoms with E-state index < -0.39 is 18.1 Å². The van der Waals surface area contributed by atoms with Crippen LogP contribution in [0.15, 0.2) is 0 Å². The number of halogens is 3. The first-order valence-corrected chi connectivity index (χ1v) is 7.70. The van der Waals surface area contributed by atoms with Crippen LogP contribution in [0.5, 0.6) is 0 Å². The number of hydrogen-bond donors (Lipinski definition) is 2. The summed E-state index contributed by atoms with van der Waals surface area (Å²) in [5.74, 6) is -1.51. The summed E-state index contributed by atoms with van der Waals surface area (Å²) in [6.45, 7) is 4.58. The molecule has 0 aromatic heterocycles. The van der Waals surface area contributed by atoms with Crippen LogP contribution in [0.25, 0.3) is 0 Å². The zero-order valence-corrected chi connectivity index (χ0v) is 12.4. The number of piperidine rings is 1. The number of carbonyl (C=O) groups excluding carboxylic acids is 1. The van der Waals surface area contributed by atoms with Gasteiger partial charge >= 0.3 is 6.18 Å². The molecule has 7 heteroatoms. The third kappa shape index (κ3) is 4.57. The Morgan fingerprint density at radius 2 is 2.00 bits per heavy atom. The third-order valence-electron chi connectivity index (χ3n) is 4.53. The largest absolute Gasteiger partial charge is 0.393 e. The molecule has 1 amide bonds. The SMILES string of the molecule is CC(CNC(=O)C1CCC(C(F)(F)F)CN1)N1CCCC1. The summed E-state index contributed by atoms with van der Waals surface area (Å²) in [6, 6.07) is -0.211. The highest BCUT2D eigenvalue weighted by molar-refractivity contribution is 5.81. The fraction of sp³-hybridized carbons (Fsp3) is 0.929. The van der Waals surface area contributed by atoms with Crippen LogP contribution in [0.3, 0.4) is 0 Å². The molecule has 2 aliphatic heterocycles. The first-order valence-electron chi connectivity index (χ1n) is 7.70. The lowest BCUT2D eigenvalue weighted by molar-refractivity contribution is -0.180. The van der Waals surface area contributed by atoms with Gasteiger partial charge in [0.2, 0.25) is 5.91 Å². The van der Waals surface area contributed by atoms with Crippen LogP contribution in [0, 0.1) is 5.92 Å². The van der Waals surface area contributed by atoms with Crippen molar-refractivity contribution in [2.24, 2.45) is 5.92 Å². The molecule has 2 aliphatic rings. The molecule has 0 radical (unpaired) electrons. The van der Waals surface area contributed by atoms with Gasteiger partial charge in [-0.3, -0.25) is 9.69 Å². The van der Waals surface area contributed by atoms with Gasteiger partial charge in [-0.05, 0) is 45.7 Å². The predicted octanol–water partition coefficient (Wildman–Crippen LogP) is 1.52. The average molecular weight is 307 g/mol. The minimum atomic E-state index is -4.17. The van der Waals surface area contributed by atoms with Crippen molar-refractivity contribution in [3.8, 4) is 0 Å². The molecular weight excluding hydrogens is 283 g/mol. The minimum Gasteiger partial charge on any atom is -0.353 e. The number of likely N-dealkylation sites (tertiary alicyclic amines) is 1. The van der Waals surface area contributed by atoms with Gasteiger partial charge in [0.1, 0.15) is 0 Å². The summed E-state index contributed by atoms with van der Waals surface area (Å²) in [7, 11) is 0. The molecule has 2 fully saturated rings. The summed E-state index contributed by atoms with van der Waals surface area (Å²) in [6.07, 6.45) is -1.51. The Hall–Kier alpha value is -0.820. The Morgan fingerprint density at radius 1 is 1.33 bits per heavy atom. The lowest BCUT2D eigenvalue weighted by Gasteiger charge is -2.31. The van der Waals surface area contributed by atoms with Crippen LogP contribution in [0.2, 0.25) is 0 Å². The second-order valence-electron chi connectivity index (χ2n) is 6.11. The van der Waals surface area contributed by atoms with Crippen molar-refractivity contribution in [1.82, 2.24) is 15.5 Å². The van der Waals surface area contributed by atoms with Crippen LogP contribution in [0.4, 0.5) is 13.2 Å². The number of carbonyl (C=O) groups is 1. The van der Waals surface area contributed by atoms with E-state index in [1.165, 1.54) is 12.8 Å². The molecule has 2 saturated heterocycles. The van der Waals surface area contributed by atoms with Crippen LogP contribution >= 0.6 is 0 Å². The number of nitrogens with one attached hydrogen (secondary N) is 2. The van der Waals surface area contributed by atoms with E-state index in [9.17, 15) is 18.0 Å². The van der Waals surface area contributed by atoms with Crippen LogP contribution in [-0.2, 0) is 4.79 Å². The summed E-state index contributed by atoms with van der Waals surface area (Å²) < 4.78 is 37.7. The lowest BCUT2D eigenvalue weighted by Crippen LogP contribution is -2.53. The number of nitrogens with zero attached hydrogens (tertiary/aromatic N) is 1. The van der Waals surface area contributed by atoms with Crippen molar-refractivity contribution in [2.75, 3.05) is 26.2 Å². The van der Waals surface area contributed by atoms with Crippen LogP contribution in [0.1, 0.15) is 32.6 Å². The van der Waals surface area contributed by atoms with E-state index in [-0.39, 0.29) is 31.3 Å². The molecule has 4 nitrogen and oxygen atoms in total. The topological polar surface area (TPSA) is 44.4 Å². The Balaban J connectivity index is 1.70. The maximum Gasteiger partial charge on any atom is 0.393 e. The van der Waals surface area contributed by atoms with Crippen molar-refractivity contribution in [2.45, 2.75) is 50.9 Å². The smallest absolute Gasteiger partial charge is 0.353 e. The van der Waals surface area contributed by atoms with Crippen molar-refractivity contribution in [3.63, 3.8) is 0 Å². The minimum absolute atomic E-state index is 0.0241. The maximum absolute atomic E-state index is 12.6. The van der Waals surface area contributed by atoms with E-state index >= 15 is 0 Å². The zero-order valence-electron chi connectivity index (χ0n) is 12.4. The summed E-state index contributed by atoms with van der Waals surface area (Å²) in [5, 5.41) is 5.58. The second-order valence-corrected chi connectivity index (χ2v) is 6.11. The molecule has 2 rings (SSSR count). The lowest BCUT2D eigenvalue weighted by atomic mass is 9.94. The molecule has 21 heavy (non-hydrogen) atoms. The molecule has 0 aromatic carbocycles. The maximum atomic E-state index is 12.6. The summed E-state index contributed by atoms with van der Waals surface area (Å²) in [4.78, 5) is 14.3. The predicted molar refractivity (Wildman–Crippen MR) is 73.8 cm³/mol. The van der Waals surface area contributed by atoms with E-state index in [1.807, 2.05) is 0 Å². The van der Waals surface area contributed by atoms with Gasteiger partial charge in [-0.25, -0.2) is 0 Å². The fourth-order valence-electron chi connectivity index (χ4n) is 3.04. The highest BCUT2D eigenvalue weighted by Gasteiger charge is 2.42. The van der Waals surface area contributed by atoms with Crippen molar-refractivity contribution >= 4 is 5.91 Å². The van der Waals surface area contributed by atoms with E-state index in [0.29, 0.717) is 6.54 Å². The van der Waals surface area contributed by atoms with Crippen LogP contribution in [-0.4, -0.2) is 55.2 Å². The highest BCUT2D eigenvalue weighted by Crippen LogP contribution is 2.31. The molecule has 0 saturated carbocycles. The second kappa shape index (κ2) is 6.96. The first-order chi connectivity index (χ1) is 9.88. The van der Waals surface area contributed by atoms with Gasteiger partial charge in [0.05, 0.1) is 12.0 Å². The monoisotopic (exact) mass is 307 g/mol. The van der Waals surface area contributed by atoms with Gasteiger partial charge in [0.25, 0.3) is 0 Å². The van der Waals surface area contributed by atoms with Gasteiger partial charge in [-0.1, -0.05) is 0 Å². The number of alkyl halides is 3. The molecule has 3 atom stereocenters. The molecule has 0 aliphatic carbocycles. The molecule has 0 aromatic rings. The molecule has 3 unspecified atom stereocenters. The van der Waals surface area contributed by atoms with E-state index in [4.69, 9.17) is 0 Å². The molecule has 122 valence electrons. The highest BCUT2D eigenvalue weighted by atomic mass is 19.4. The normalized spacial score (nSPS) is 29.3. The summed E-state index contributed by atoms with van der Waals surface area (Å²) >= 11 is 0. The Morgan fingerprint density at radius 3 is 2.52 bits per heavy atom. The zero-order chi connectivity index (χ0) is 15.5. The quantitative estimate of drug-likeness (QED) is 0.828. The van der Waals surface area contributed by atoms with E-state index in [1.54, 1.807) is 0 Å². The van der Waals surface area contributed by atoms with Crippen molar-refractivity contribution in [3.05, 3.63) is 0 Å². The van der Waals surface area contributed by atoms with Gasteiger partial charge in [-0.2, -0.15) is 13.2 Å². The number of hydrogen-bond acceptors (Lipinski definition) is 3. The van der Waals surface area contributed by atoms with Gasteiger partial charge < -0.3 is 10.6 Å². The standard InChI is InChI=1S/C14H24F3N3O/c1-10(20-6-2-3-7-20)8-19-13(21)12-5-4-11(9-18-12)14(15,16)17/h10-12,18H,2-9H2,1H3,(H,19,21). The number of amides is 1.